The van der Waals surface area contributed by atoms with Crippen molar-refractivity contribution in [1.82, 2.24) is 19.9 Å². The van der Waals surface area contributed by atoms with Crippen LogP contribution in [0, 0.1) is 5.41 Å². The Kier molecular flexibility index (Phi) is 6.86. The summed E-state index contributed by atoms with van der Waals surface area (Å²) in [6, 6.07) is 12.2. The number of rotatable bonds is 7. The van der Waals surface area contributed by atoms with Crippen LogP contribution in [-0.2, 0) is 10.4 Å². The van der Waals surface area contributed by atoms with Crippen LogP contribution in [0.4, 0.5) is 5.69 Å². The van der Waals surface area contributed by atoms with Crippen LogP contribution in [-0.4, -0.2) is 57.5 Å². The van der Waals surface area contributed by atoms with E-state index in [9.17, 15) is 9.90 Å². The van der Waals surface area contributed by atoms with E-state index in [0.717, 1.165) is 30.2 Å². The summed E-state index contributed by atoms with van der Waals surface area (Å²) in [4.78, 5) is 30.9. The highest BCUT2D eigenvalue weighted by Gasteiger charge is 2.55. The molecule has 0 spiro atoms. The van der Waals surface area contributed by atoms with Crippen molar-refractivity contribution in [3.8, 4) is 0 Å². The molecule has 200 valence electrons. The Morgan fingerprint density at radius 3 is 2.37 bits per heavy atom. The number of hydrogen-bond acceptors (Lipinski definition) is 6. The first-order valence-electron chi connectivity index (χ1n) is 13.6. The van der Waals surface area contributed by atoms with Crippen molar-refractivity contribution in [3.63, 3.8) is 0 Å². The predicted octanol–water partition coefficient (Wildman–Crippen LogP) is 4.83. The third-order valence-electron chi connectivity index (χ3n) is 8.32. The summed E-state index contributed by atoms with van der Waals surface area (Å²) in [7, 11) is 2.07. The summed E-state index contributed by atoms with van der Waals surface area (Å²) in [5.41, 5.74) is 2.76. The molecule has 38 heavy (non-hydrogen) atoms. The first-order valence-corrected chi connectivity index (χ1v) is 13.6. The quantitative estimate of drug-likeness (QED) is 0.488. The second-order valence-corrected chi connectivity index (χ2v) is 12.1. The molecule has 2 aromatic heterocycles. The number of amides is 1. The summed E-state index contributed by atoms with van der Waals surface area (Å²) in [6.45, 7) is 12.7. The molecule has 2 saturated heterocycles. The average Bonchev–Trinajstić information content (AvgIpc) is 3.29. The second kappa shape index (κ2) is 9.86. The van der Waals surface area contributed by atoms with Gasteiger partial charge in [-0.15, -0.1) is 0 Å². The summed E-state index contributed by atoms with van der Waals surface area (Å²) < 4.78 is 0. The lowest BCUT2D eigenvalue weighted by atomic mass is 9.62. The molecule has 2 fully saturated rings. The van der Waals surface area contributed by atoms with Crippen molar-refractivity contribution in [2.45, 2.75) is 64.4 Å². The van der Waals surface area contributed by atoms with Crippen LogP contribution in [0.1, 0.15) is 87.0 Å². The van der Waals surface area contributed by atoms with Gasteiger partial charge >= 0.3 is 0 Å². The van der Waals surface area contributed by atoms with E-state index < -0.39 is 11.0 Å². The fraction of sp³-hybridized carbons (Fsp3) is 0.484. The molecular formula is C31H39N5O2. The lowest BCUT2D eigenvalue weighted by Gasteiger charge is -2.56. The van der Waals surface area contributed by atoms with Crippen molar-refractivity contribution >= 4 is 11.6 Å². The Bertz CT molecular complexity index is 1320. The summed E-state index contributed by atoms with van der Waals surface area (Å²) in [5.74, 6) is 1.46. The van der Waals surface area contributed by atoms with Crippen LogP contribution >= 0.6 is 0 Å². The molecule has 1 amide bonds. The minimum Gasteiger partial charge on any atom is -0.380 e. The smallest absolute Gasteiger partial charge is 0.227 e. The number of likely N-dealkylation sites (tertiary alicyclic amines) is 1. The Morgan fingerprint density at radius 2 is 1.74 bits per heavy atom. The Hall–Kier alpha value is -3.16. The topological polar surface area (TPSA) is 82.5 Å². The van der Waals surface area contributed by atoms with Crippen molar-refractivity contribution in [2.24, 2.45) is 5.41 Å². The molecule has 2 aliphatic rings. The fourth-order valence-electron chi connectivity index (χ4n) is 6.17. The first-order chi connectivity index (χ1) is 18.0. The van der Waals surface area contributed by atoms with Crippen molar-refractivity contribution in [1.29, 1.82) is 0 Å². The van der Waals surface area contributed by atoms with Gasteiger partial charge in [-0.3, -0.25) is 9.78 Å². The molecule has 0 radical (unpaired) electrons. The van der Waals surface area contributed by atoms with E-state index in [0.29, 0.717) is 30.1 Å². The van der Waals surface area contributed by atoms with E-state index in [-0.39, 0.29) is 17.7 Å². The van der Waals surface area contributed by atoms with Gasteiger partial charge in [-0.25, -0.2) is 9.97 Å². The maximum Gasteiger partial charge on any atom is 0.227 e. The molecule has 3 aromatic rings. The molecule has 2 aliphatic heterocycles. The number of nitrogens with zero attached hydrogens (tertiary/aromatic N) is 5. The molecule has 0 aliphatic carbocycles. The zero-order valence-electron chi connectivity index (χ0n) is 23.3. The minimum absolute atomic E-state index is 0.00748. The molecule has 7 heteroatoms. The Morgan fingerprint density at radius 1 is 1.03 bits per heavy atom. The largest absolute Gasteiger partial charge is 0.380 e. The second-order valence-electron chi connectivity index (χ2n) is 12.1. The van der Waals surface area contributed by atoms with Crippen LogP contribution < -0.4 is 4.90 Å². The van der Waals surface area contributed by atoms with Crippen LogP contribution in [0.25, 0.3) is 0 Å². The van der Waals surface area contributed by atoms with Gasteiger partial charge in [0.05, 0.1) is 11.9 Å². The zero-order valence-corrected chi connectivity index (χ0v) is 23.3. The van der Waals surface area contributed by atoms with E-state index in [4.69, 9.17) is 4.98 Å². The first kappa shape index (κ1) is 26.4. The van der Waals surface area contributed by atoms with Crippen molar-refractivity contribution in [3.05, 3.63) is 83.2 Å². The molecule has 0 saturated carbocycles. The third-order valence-corrected chi connectivity index (χ3v) is 8.32. The number of anilines is 1. The molecule has 1 N–H and O–H groups in total. The van der Waals surface area contributed by atoms with Crippen LogP contribution in [0.15, 0.2) is 55.0 Å². The number of pyridine rings is 1. The van der Waals surface area contributed by atoms with Gasteiger partial charge in [0.2, 0.25) is 5.91 Å². The van der Waals surface area contributed by atoms with Gasteiger partial charge < -0.3 is 14.9 Å². The number of aromatic nitrogens is 3. The highest BCUT2D eigenvalue weighted by Crippen LogP contribution is 2.50. The zero-order chi connectivity index (χ0) is 27.2. The molecule has 1 unspecified atom stereocenters. The molecule has 2 atom stereocenters. The van der Waals surface area contributed by atoms with E-state index in [1.807, 2.05) is 24.3 Å². The third kappa shape index (κ3) is 4.52. The monoisotopic (exact) mass is 513 g/mol. The number of benzene rings is 1. The number of carbonyl (C=O) groups is 1. The van der Waals surface area contributed by atoms with Gasteiger partial charge in [0.15, 0.2) is 0 Å². The van der Waals surface area contributed by atoms with E-state index in [1.54, 1.807) is 23.5 Å². The molecular weight excluding hydrogens is 474 g/mol. The lowest BCUT2D eigenvalue weighted by molar-refractivity contribution is -0.127. The van der Waals surface area contributed by atoms with E-state index in [1.165, 1.54) is 5.56 Å². The minimum atomic E-state index is -1.25. The van der Waals surface area contributed by atoms with Gasteiger partial charge in [-0.05, 0) is 36.2 Å². The van der Waals surface area contributed by atoms with Crippen LogP contribution in [0.5, 0.6) is 0 Å². The Balaban J connectivity index is 1.49. The van der Waals surface area contributed by atoms with Gasteiger partial charge in [-0.2, -0.15) is 0 Å². The number of hydrogen-bond donors (Lipinski definition) is 1. The van der Waals surface area contributed by atoms with Crippen LogP contribution in [0.2, 0.25) is 0 Å². The van der Waals surface area contributed by atoms with Crippen molar-refractivity contribution in [2.75, 3.05) is 31.6 Å². The molecule has 4 heterocycles. The standard InChI is InChI=1S/C31H39N5O2/c1-20(2)22-7-9-24(10-8-22)31(38,30(5)18-35(6)19-30)25-14-26(16-32-15-25)36-17-23(13-28(36)37)27-11-12-33-29(34-27)21(3)4/h7-12,14-16,20-21,23,38H,13,17-19H2,1-6H3/t23?,31-/m0/s1. The van der Waals surface area contributed by atoms with E-state index in [2.05, 4.69) is 68.7 Å². The summed E-state index contributed by atoms with van der Waals surface area (Å²) in [5, 5.41) is 12.5. The molecule has 0 bridgehead atoms. The maximum absolute atomic E-state index is 13.2. The van der Waals surface area contributed by atoms with Gasteiger partial charge in [0.1, 0.15) is 11.4 Å². The molecule has 7 nitrogen and oxygen atoms in total. The highest BCUT2D eigenvalue weighted by molar-refractivity contribution is 5.96. The number of carbonyl (C=O) groups excluding carboxylic acids is 1. The van der Waals surface area contributed by atoms with Crippen LogP contribution in [0.3, 0.4) is 0 Å². The fourth-order valence-corrected chi connectivity index (χ4v) is 6.17. The predicted molar refractivity (Wildman–Crippen MR) is 149 cm³/mol. The summed E-state index contributed by atoms with van der Waals surface area (Å²) in [6.07, 6.45) is 5.65. The van der Waals surface area contributed by atoms with Crippen molar-refractivity contribution < 1.29 is 9.90 Å². The molecule has 5 rings (SSSR count). The maximum atomic E-state index is 13.2. The lowest BCUT2D eigenvalue weighted by Crippen LogP contribution is -2.63. The average molecular weight is 514 g/mol. The Labute approximate surface area is 226 Å². The van der Waals surface area contributed by atoms with E-state index >= 15 is 0 Å². The normalized spacial score (nSPS) is 21.1. The van der Waals surface area contributed by atoms with Gasteiger partial charge in [-0.1, -0.05) is 58.9 Å². The molecule has 1 aromatic carbocycles. The number of aliphatic hydroxyl groups is 1. The van der Waals surface area contributed by atoms with Gasteiger partial charge in [0.25, 0.3) is 0 Å². The van der Waals surface area contributed by atoms with Gasteiger partial charge in [0, 0.05) is 67.0 Å². The SMILES string of the molecule is CC(C)c1ccc([C@](O)(c2cncc(N3CC(c4ccnc(C(C)C)n4)CC3=O)c2)C2(C)CN(C)C2)cc1. The highest BCUT2D eigenvalue weighted by atomic mass is 16.3. The summed E-state index contributed by atoms with van der Waals surface area (Å²) >= 11 is 0.